The van der Waals surface area contributed by atoms with Gasteiger partial charge in [-0.2, -0.15) is 0 Å². The fourth-order valence-corrected chi connectivity index (χ4v) is 1.57. The van der Waals surface area contributed by atoms with Gasteiger partial charge in [0.15, 0.2) is 0 Å². The summed E-state index contributed by atoms with van der Waals surface area (Å²) in [5, 5.41) is 6.08. The maximum Gasteiger partial charge on any atom is 0.237 e. The molecule has 0 aliphatic heterocycles. The molecule has 0 aliphatic rings. The van der Waals surface area contributed by atoms with Crippen molar-refractivity contribution >= 4 is 24.1 Å². The summed E-state index contributed by atoms with van der Waals surface area (Å²) in [6.07, 6.45) is 3.67. The molecule has 0 unspecified atom stereocenters. The number of pyridine rings is 1. The molecule has 6 heteroatoms. The van der Waals surface area contributed by atoms with E-state index in [0.717, 1.165) is 25.2 Å². The number of amides is 1. The molecule has 1 aromatic heterocycles. The van der Waals surface area contributed by atoms with Gasteiger partial charge in [-0.15, -0.1) is 12.4 Å². The van der Waals surface area contributed by atoms with Crippen LogP contribution in [0.1, 0.15) is 26.7 Å². The van der Waals surface area contributed by atoms with Gasteiger partial charge < -0.3 is 16.4 Å². The van der Waals surface area contributed by atoms with E-state index in [1.165, 1.54) is 0 Å². The molecule has 5 nitrogen and oxygen atoms in total. The van der Waals surface area contributed by atoms with E-state index in [0.29, 0.717) is 6.54 Å². The Labute approximate surface area is 127 Å². The number of hydrogen-bond donors (Lipinski definition) is 3. The lowest BCUT2D eigenvalue weighted by atomic mass is 10.1. The van der Waals surface area contributed by atoms with E-state index in [1.807, 2.05) is 32.0 Å². The summed E-state index contributed by atoms with van der Waals surface area (Å²) in [6.45, 7) is 5.41. The number of unbranched alkanes of at least 4 members (excludes halogenated alkanes) is 1. The highest BCUT2D eigenvalue weighted by Crippen LogP contribution is 2.00. The van der Waals surface area contributed by atoms with E-state index in [4.69, 9.17) is 5.73 Å². The Morgan fingerprint density at radius 1 is 1.30 bits per heavy atom. The molecule has 0 saturated heterocycles. The van der Waals surface area contributed by atoms with Crippen molar-refractivity contribution < 1.29 is 4.79 Å². The first-order valence-corrected chi connectivity index (χ1v) is 6.79. The zero-order valence-corrected chi connectivity index (χ0v) is 13.0. The SMILES string of the molecule is CC(C)[C@H](N)C(=O)NCCCCNc1ccccn1.Cl. The summed E-state index contributed by atoms with van der Waals surface area (Å²) in [5.41, 5.74) is 5.74. The largest absolute Gasteiger partial charge is 0.370 e. The van der Waals surface area contributed by atoms with E-state index >= 15 is 0 Å². The third-order valence-corrected chi connectivity index (χ3v) is 2.89. The Balaban J connectivity index is 0.00000361. The predicted octanol–water partition coefficient (Wildman–Crippen LogP) is 1.79. The second kappa shape index (κ2) is 10.5. The van der Waals surface area contributed by atoms with Gasteiger partial charge in [0.2, 0.25) is 5.91 Å². The first kappa shape index (κ1) is 18.7. The highest BCUT2D eigenvalue weighted by atomic mass is 35.5. The van der Waals surface area contributed by atoms with Gasteiger partial charge in [0.1, 0.15) is 5.82 Å². The Bertz CT molecular complexity index is 373. The average molecular weight is 301 g/mol. The molecule has 0 aliphatic carbocycles. The number of hydrogen-bond acceptors (Lipinski definition) is 4. The van der Waals surface area contributed by atoms with Gasteiger partial charge in [-0.3, -0.25) is 4.79 Å². The van der Waals surface area contributed by atoms with Crippen molar-refractivity contribution in [2.75, 3.05) is 18.4 Å². The maximum atomic E-state index is 11.6. The molecule has 114 valence electrons. The van der Waals surface area contributed by atoms with Crippen LogP contribution in [0.15, 0.2) is 24.4 Å². The van der Waals surface area contributed by atoms with Gasteiger partial charge in [-0.25, -0.2) is 4.98 Å². The number of nitrogens with one attached hydrogen (secondary N) is 2. The van der Waals surface area contributed by atoms with Crippen LogP contribution in [0.25, 0.3) is 0 Å². The zero-order chi connectivity index (χ0) is 14.1. The van der Waals surface area contributed by atoms with Gasteiger partial charge in [0.05, 0.1) is 6.04 Å². The molecule has 0 bridgehead atoms. The summed E-state index contributed by atoms with van der Waals surface area (Å²) >= 11 is 0. The Morgan fingerprint density at radius 2 is 2.00 bits per heavy atom. The molecule has 1 heterocycles. The third kappa shape index (κ3) is 7.31. The molecule has 1 aromatic rings. The normalized spacial score (nSPS) is 11.6. The Morgan fingerprint density at radius 3 is 2.60 bits per heavy atom. The van der Waals surface area contributed by atoms with E-state index < -0.39 is 6.04 Å². The minimum Gasteiger partial charge on any atom is -0.370 e. The molecule has 20 heavy (non-hydrogen) atoms. The van der Waals surface area contributed by atoms with E-state index in [-0.39, 0.29) is 24.2 Å². The number of anilines is 1. The highest BCUT2D eigenvalue weighted by Gasteiger charge is 2.15. The van der Waals surface area contributed by atoms with Crippen molar-refractivity contribution in [3.8, 4) is 0 Å². The number of rotatable bonds is 8. The fraction of sp³-hybridized carbons (Fsp3) is 0.571. The van der Waals surface area contributed by atoms with Crippen LogP contribution in [-0.4, -0.2) is 30.0 Å². The van der Waals surface area contributed by atoms with Crippen LogP contribution in [0.5, 0.6) is 0 Å². The third-order valence-electron chi connectivity index (χ3n) is 2.89. The Hall–Kier alpha value is -1.33. The van der Waals surface area contributed by atoms with E-state index in [9.17, 15) is 4.79 Å². The predicted molar refractivity (Wildman–Crippen MR) is 85.0 cm³/mol. The van der Waals surface area contributed by atoms with Crippen LogP contribution < -0.4 is 16.4 Å². The van der Waals surface area contributed by atoms with Crippen molar-refractivity contribution in [2.24, 2.45) is 11.7 Å². The van der Waals surface area contributed by atoms with Crippen molar-refractivity contribution in [1.29, 1.82) is 0 Å². The number of carbonyl (C=O) groups is 1. The zero-order valence-electron chi connectivity index (χ0n) is 12.1. The lowest BCUT2D eigenvalue weighted by Crippen LogP contribution is -2.44. The van der Waals surface area contributed by atoms with Crippen molar-refractivity contribution in [3.05, 3.63) is 24.4 Å². The molecule has 0 aromatic carbocycles. The Kier molecular flexibility index (Phi) is 9.76. The minimum atomic E-state index is -0.411. The van der Waals surface area contributed by atoms with E-state index in [1.54, 1.807) is 6.20 Å². The smallest absolute Gasteiger partial charge is 0.237 e. The van der Waals surface area contributed by atoms with Gasteiger partial charge >= 0.3 is 0 Å². The summed E-state index contributed by atoms with van der Waals surface area (Å²) in [5.74, 6) is 0.992. The summed E-state index contributed by atoms with van der Waals surface area (Å²) in [6, 6.07) is 5.36. The van der Waals surface area contributed by atoms with Gasteiger partial charge in [0, 0.05) is 19.3 Å². The standard InChI is InChI=1S/C14H24N4O.ClH/c1-11(2)13(15)14(19)18-10-6-5-9-17-12-7-3-4-8-16-12;/h3-4,7-8,11,13H,5-6,9-10,15H2,1-2H3,(H,16,17)(H,18,19);1H/t13-;/m0./s1. The molecule has 0 saturated carbocycles. The van der Waals surface area contributed by atoms with Crippen LogP contribution >= 0.6 is 12.4 Å². The molecule has 4 N–H and O–H groups in total. The first-order valence-electron chi connectivity index (χ1n) is 6.79. The van der Waals surface area contributed by atoms with Crippen molar-refractivity contribution in [2.45, 2.75) is 32.7 Å². The molecule has 0 fully saturated rings. The molecule has 1 amide bonds. The molecular formula is C14H25ClN4O. The summed E-state index contributed by atoms with van der Waals surface area (Å²) in [4.78, 5) is 15.7. The van der Waals surface area contributed by atoms with Gasteiger partial charge in [-0.1, -0.05) is 19.9 Å². The van der Waals surface area contributed by atoms with Gasteiger partial charge in [0.25, 0.3) is 0 Å². The molecular weight excluding hydrogens is 276 g/mol. The van der Waals surface area contributed by atoms with Crippen LogP contribution in [0.3, 0.4) is 0 Å². The number of halogens is 1. The topological polar surface area (TPSA) is 80.0 Å². The number of nitrogens with zero attached hydrogens (tertiary/aromatic N) is 1. The molecule has 0 spiro atoms. The lowest BCUT2D eigenvalue weighted by Gasteiger charge is -2.15. The average Bonchev–Trinajstić information content (AvgIpc) is 2.42. The van der Waals surface area contributed by atoms with Crippen LogP contribution in [0, 0.1) is 5.92 Å². The lowest BCUT2D eigenvalue weighted by molar-refractivity contribution is -0.123. The monoisotopic (exact) mass is 300 g/mol. The van der Waals surface area contributed by atoms with Crippen molar-refractivity contribution in [3.63, 3.8) is 0 Å². The number of nitrogens with two attached hydrogens (primary N) is 1. The molecule has 0 radical (unpaired) electrons. The van der Waals surface area contributed by atoms with Crippen LogP contribution in [0.2, 0.25) is 0 Å². The first-order chi connectivity index (χ1) is 9.11. The fourth-order valence-electron chi connectivity index (χ4n) is 1.57. The van der Waals surface area contributed by atoms with Crippen molar-refractivity contribution in [1.82, 2.24) is 10.3 Å². The molecule has 1 atom stereocenters. The summed E-state index contributed by atoms with van der Waals surface area (Å²) in [7, 11) is 0. The number of aromatic nitrogens is 1. The second-order valence-electron chi connectivity index (χ2n) is 4.91. The summed E-state index contributed by atoms with van der Waals surface area (Å²) < 4.78 is 0. The maximum absolute atomic E-state index is 11.6. The van der Waals surface area contributed by atoms with Crippen LogP contribution in [-0.2, 0) is 4.79 Å². The van der Waals surface area contributed by atoms with E-state index in [2.05, 4.69) is 15.6 Å². The second-order valence-corrected chi connectivity index (χ2v) is 4.91. The van der Waals surface area contributed by atoms with Crippen LogP contribution in [0.4, 0.5) is 5.82 Å². The molecule has 1 rings (SSSR count). The highest BCUT2D eigenvalue weighted by molar-refractivity contribution is 5.85. The van der Waals surface area contributed by atoms with Gasteiger partial charge in [-0.05, 0) is 30.9 Å². The quantitative estimate of drug-likeness (QED) is 0.640. The number of carbonyl (C=O) groups excluding carboxylic acids is 1. The minimum absolute atomic E-state index is 0.